The second kappa shape index (κ2) is 5.24. The van der Waals surface area contributed by atoms with Crippen molar-refractivity contribution < 1.29 is 14.9 Å². The molecule has 1 saturated heterocycles. The average Bonchev–Trinajstić information content (AvgIpc) is 2.68. The van der Waals surface area contributed by atoms with Crippen LogP contribution < -0.4 is 11.2 Å². The van der Waals surface area contributed by atoms with E-state index in [0.717, 1.165) is 16.8 Å². The molecule has 2 rings (SSSR count). The number of aliphatic hydroxyl groups excluding tert-OH is 2. The van der Waals surface area contributed by atoms with Gasteiger partial charge in [0, 0.05) is 17.2 Å². The fourth-order valence-electron chi connectivity index (χ4n) is 1.92. The minimum absolute atomic E-state index is 0.493. The summed E-state index contributed by atoms with van der Waals surface area (Å²) in [6.45, 7) is -0.493. The van der Waals surface area contributed by atoms with Crippen molar-refractivity contribution in [3.05, 3.63) is 43.5 Å². The van der Waals surface area contributed by atoms with Crippen LogP contribution in [0.1, 0.15) is 6.23 Å². The van der Waals surface area contributed by atoms with E-state index in [1.54, 1.807) is 0 Å². The van der Waals surface area contributed by atoms with Crippen LogP contribution in [-0.4, -0.2) is 44.6 Å². The Morgan fingerprint density at radius 2 is 2.32 bits per heavy atom. The number of H-pyrrole nitrogens is 1. The van der Waals surface area contributed by atoms with Gasteiger partial charge in [0.2, 0.25) is 0 Å². The number of rotatable bonds is 3. The average molecular weight is 269 g/mol. The van der Waals surface area contributed by atoms with Crippen molar-refractivity contribution in [2.24, 2.45) is 5.11 Å². The maximum absolute atomic E-state index is 11.6. The number of hydrogen-bond acceptors (Lipinski definition) is 6. The topological polar surface area (TPSA) is 153 Å². The molecule has 1 aromatic heterocycles. The molecule has 102 valence electrons. The lowest BCUT2D eigenvalue weighted by atomic mass is 10.1. The second-order valence-corrected chi connectivity index (χ2v) is 3.95. The summed E-state index contributed by atoms with van der Waals surface area (Å²) in [5.41, 5.74) is 7.12. The minimum Gasteiger partial charge on any atom is -0.394 e. The summed E-state index contributed by atoms with van der Waals surface area (Å²) in [5, 5.41) is 22.2. The molecule has 0 spiro atoms. The smallest absolute Gasteiger partial charge is 0.330 e. The summed E-state index contributed by atoms with van der Waals surface area (Å²) in [6, 6.07) is 0.0158. The molecule has 19 heavy (non-hydrogen) atoms. The summed E-state index contributed by atoms with van der Waals surface area (Å²) in [6.07, 6.45) is -2.14. The Labute approximate surface area is 105 Å². The van der Waals surface area contributed by atoms with Gasteiger partial charge in [-0.15, -0.1) is 0 Å². The van der Waals surface area contributed by atoms with Gasteiger partial charge in [0.25, 0.3) is 5.56 Å². The molecule has 2 heterocycles. The summed E-state index contributed by atoms with van der Waals surface area (Å²) in [4.78, 5) is 27.2. The van der Waals surface area contributed by atoms with Crippen LogP contribution in [-0.2, 0) is 4.74 Å². The van der Waals surface area contributed by atoms with Crippen molar-refractivity contribution in [2.45, 2.75) is 24.5 Å². The van der Waals surface area contributed by atoms with Crippen LogP contribution in [0, 0.1) is 0 Å². The van der Waals surface area contributed by atoms with Crippen molar-refractivity contribution >= 4 is 0 Å². The monoisotopic (exact) mass is 269 g/mol. The van der Waals surface area contributed by atoms with E-state index in [4.69, 9.17) is 15.4 Å². The number of hydrogen-bond donors (Lipinski definition) is 3. The Kier molecular flexibility index (Phi) is 3.67. The summed E-state index contributed by atoms with van der Waals surface area (Å²) < 4.78 is 6.26. The molecule has 0 amide bonds. The van der Waals surface area contributed by atoms with Gasteiger partial charge < -0.3 is 14.9 Å². The van der Waals surface area contributed by atoms with Gasteiger partial charge in [-0.1, -0.05) is 5.11 Å². The van der Waals surface area contributed by atoms with Crippen molar-refractivity contribution in [1.29, 1.82) is 0 Å². The van der Waals surface area contributed by atoms with Crippen LogP contribution >= 0.6 is 0 Å². The lowest BCUT2D eigenvalue weighted by molar-refractivity contribution is -0.0464. The van der Waals surface area contributed by atoms with Gasteiger partial charge in [-0.2, -0.15) is 0 Å². The number of aromatic amines is 1. The fraction of sp³-hybridized carbons (Fsp3) is 0.556. The molecule has 0 unspecified atom stereocenters. The van der Waals surface area contributed by atoms with Gasteiger partial charge in [0.1, 0.15) is 18.4 Å². The Hall–Kier alpha value is -2.13. The van der Waals surface area contributed by atoms with Gasteiger partial charge in [0.05, 0.1) is 12.7 Å². The van der Waals surface area contributed by atoms with Gasteiger partial charge in [-0.3, -0.25) is 14.3 Å². The molecule has 1 aromatic rings. The van der Waals surface area contributed by atoms with E-state index in [2.05, 4.69) is 10.0 Å². The van der Waals surface area contributed by atoms with E-state index in [-0.39, 0.29) is 0 Å². The molecule has 0 radical (unpaired) electrons. The maximum Gasteiger partial charge on any atom is 0.330 e. The maximum atomic E-state index is 11.6. The second-order valence-electron chi connectivity index (χ2n) is 3.95. The molecule has 3 N–H and O–H groups in total. The van der Waals surface area contributed by atoms with Gasteiger partial charge in [0.15, 0.2) is 0 Å². The molecule has 0 bridgehead atoms. The van der Waals surface area contributed by atoms with Crippen LogP contribution in [0.4, 0.5) is 0 Å². The van der Waals surface area contributed by atoms with Crippen molar-refractivity contribution in [3.63, 3.8) is 0 Å². The zero-order valence-corrected chi connectivity index (χ0v) is 9.58. The van der Waals surface area contributed by atoms with Crippen molar-refractivity contribution in [1.82, 2.24) is 9.55 Å². The molecule has 10 heteroatoms. The highest BCUT2D eigenvalue weighted by Gasteiger charge is 2.44. The molecule has 0 saturated carbocycles. The summed E-state index contributed by atoms with van der Waals surface area (Å²) in [5.74, 6) is 0. The number of nitrogens with one attached hydrogen (secondary N) is 1. The molecule has 4 atom stereocenters. The molecule has 10 nitrogen and oxygen atoms in total. The van der Waals surface area contributed by atoms with E-state index in [9.17, 15) is 14.7 Å². The normalized spacial score (nSPS) is 30.0. The third-order valence-electron chi connectivity index (χ3n) is 2.83. The number of aliphatic hydroxyl groups is 2. The van der Waals surface area contributed by atoms with E-state index in [1.807, 2.05) is 4.98 Å². The van der Waals surface area contributed by atoms with Crippen LogP contribution in [0.3, 0.4) is 0 Å². The highest BCUT2D eigenvalue weighted by atomic mass is 16.5. The van der Waals surface area contributed by atoms with E-state index in [0.29, 0.717) is 0 Å². The van der Waals surface area contributed by atoms with Crippen LogP contribution in [0.25, 0.3) is 10.4 Å². The lowest BCUT2D eigenvalue weighted by Gasteiger charge is -2.17. The van der Waals surface area contributed by atoms with E-state index >= 15 is 0 Å². The predicted octanol–water partition coefficient (Wildman–Crippen LogP) is -1.53. The third-order valence-corrected chi connectivity index (χ3v) is 2.83. The van der Waals surface area contributed by atoms with Gasteiger partial charge >= 0.3 is 5.69 Å². The quantitative estimate of drug-likeness (QED) is 0.345. The Balaban J connectivity index is 2.44. The number of aromatic nitrogens is 2. The molecule has 0 aliphatic carbocycles. The summed E-state index contributed by atoms with van der Waals surface area (Å²) in [7, 11) is 0. The van der Waals surface area contributed by atoms with Crippen molar-refractivity contribution in [3.8, 4) is 0 Å². The van der Waals surface area contributed by atoms with Crippen LogP contribution in [0.15, 0.2) is 27.0 Å². The fourth-order valence-corrected chi connectivity index (χ4v) is 1.92. The van der Waals surface area contributed by atoms with Gasteiger partial charge in [-0.25, -0.2) is 4.79 Å². The minimum atomic E-state index is -1.25. The molecule has 1 aliphatic rings. The Bertz CT molecular complexity index is 618. The molecular formula is C9H11N5O5. The van der Waals surface area contributed by atoms with Gasteiger partial charge in [-0.05, 0) is 5.53 Å². The van der Waals surface area contributed by atoms with Crippen LogP contribution in [0.5, 0.6) is 0 Å². The number of azide groups is 1. The SMILES string of the molecule is [N-]=[N+]=N[C@H]1[C@@H](O)[C@H](CO)O[C@@H]1n1ccc(=O)[nH]c1=O. The largest absolute Gasteiger partial charge is 0.394 e. The molecular weight excluding hydrogens is 258 g/mol. The van der Waals surface area contributed by atoms with Crippen LogP contribution in [0.2, 0.25) is 0 Å². The Morgan fingerprint density at radius 1 is 1.58 bits per heavy atom. The third kappa shape index (κ3) is 2.37. The predicted molar refractivity (Wildman–Crippen MR) is 61.3 cm³/mol. The molecule has 1 fully saturated rings. The first kappa shape index (κ1) is 13.3. The zero-order chi connectivity index (χ0) is 14.0. The first-order valence-electron chi connectivity index (χ1n) is 5.38. The Morgan fingerprint density at radius 3 is 2.89 bits per heavy atom. The highest BCUT2D eigenvalue weighted by molar-refractivity contribution is 4.96. The van der Waals surface area contributed by atoms with Crippen molar-refractivity contribution in [2.75, 3.05) is 6.61 Å². The van der Waals surface area contributed by atoms with E-state index < -0.39 is 42.3 Å². The lowest BCUT2D eigenvalue weighted by Crippen LogP contribution is -2.36. The first-order valence-corrected chi connectivity index (χ1v) is 5.38. The number of ether oxygens (including phenoxy) is 1. The number of nitrogens with zero attached hydrogens (tertiary/aromatic N) is 4. The standard InChI is InChI=1S/C9H11N5O5/c10-13-12-6-7(17)4(3-15)19-8(6)14-2-1-5(16)11-9(14)18/h1-2,4,6-8,15,17H,3H2,(H,11,16,18)/t4-,6-,7-,8-/m0/s1. The highest BCUT2D eigenvalue weighted by Crippen LogP contribution is 2.30. The van der Waals surface area contributed by atoms with E-state index in [1.165, 1.54) is 0 Å². The first-order chi connectivity index (χ1) is 9.08. The summed E-state index contributed by atoms with van der Waals surface area (Å²) >= 11 is 0. The molecule has 0 aromatic carbocycles. The molecule has 1 aliphatic heterocycles. The zero-order valence-electron chi connectivity index (χ0n) is 9.58.